The molecule has 1 unspecified atom stereocenters. The van der Waals surface area contributed by atoms with E-state index in [0.29, 0.717) is 11.3 Å². The summed E-state index contributed by atoms with van der Waals surface area (Å²) in [5, 5.41) is 8.61. The number of ether oxygens (including phenoxy) is 1. The minimum atomic E-state index is -0.493. The first-order valence-electron chi connectivity index (χ1n) is 5.83. The molecule has 0 aliphatic heterocycles. The summed E-state index contributed by atoms with van der Waals surface area (Å²) in [5.74, 6) is -0.453. The lowest BCUT2D eigenvalue weighted by Crippen LogP contribution is -2.28. The van der Waals surface area contributed by atoms with Crippen LogP contribution in [0, 0.1) is 5.82 Å². The van der Waals surface area contributed by atoms with Crippen LogP contribution in [0.3, 0.4) is 0 Å². The Labute approximate surface area is 114 Å². The molecule has 4 N–H and O–H groups in total. The van der Waals surface area contributed by atoms with Crippen molar-refractivity contribution in [1.29, 1.82) is 0 Å². The van der Waals surface area contributed by atoms with Gasteiger partial charge >= 0.3 is 0 Å². The highest BCUT2D eigenvalue weighted by atomic mass is 19.1. The number of methoxy groups -OCH3 is 1. The number of benzene rings is 1. The van der Waals surface area contributed by atoms with E-state index in [2.05, 4.69) is 20.5 Å². The molecule has 0 spiro atoms. The van der Waals surface area contributed by atoms with E-state index in [1.165, 1.54) is 25.3 Å². The molecule has 1 atom stereocenters. The van der Waals surface area contributed by atoms with Gasteiger partial charge in [-0.25, -0.2) is 4.39 Å². The molecular formula is C12H14FN5O2. The molecule has 7 nitrogen and oxygen atoms in total. The number of carbonyl (C=O) groups excluding carboxylic acids is 1. The Morgan fingerprint density at radius 1 is 1.55 bits per heavy atom. The first-order chi connectivity index (χ1) is 9.51. The second kappa shape index (κ2) is 5.55. The van der Waals surface area contributed by atoms with Gasteiger partial charge in [-0.05, 0) is 25.1 Å². The molecule has 0 saturated carbocycles. The third kappa shape index (κ3) is 2.85. The maximum atomic E-state index is 13.3. The van der Waals surface area contributed by atoms with Gasteiger partial charge in [-0.2, -0.15) is 4.98 Å². The van der Waals surface area contributed by atoms with Crippen molar-refractivity contribution in [3.8, 4) is 5.75 Å². The number of nitrogen functional groups attached to an aromatic ring is 1. The van der Waals surface area contributed by atoms with Crippen molar-refractivity contribution in [1.82, 2.24) is 20.5 Å². The number of anilines is 1. The molecule has 1 heterocycles. The van der Waals surface area contributed by atoms with Gasteiger partial charge in [0.2, 0.25) is 11.8 Å². The van der Waals surface area contributed by atoms with Gasteiger partial charge in [0.05, 0.1) is 13.2 Å². The topological polar surface area (TPSA) is 106 Å². The van der Waals surface area contributed by atoms with E-state index in [1.54, 1.807) is 6.92 Å². The van der Waals surface area contributed by atoms with Crippen LogP contribution in [0.1, 0.15) is 29.1 Å². The minimum Gasteiger partial charge on any atom is -0.496 e. The summed E-state index contributed by atoms with van der Waals surface area (Å²) < 4.78 is 18.4. The average molecular weight is 279 g/mol. The van der Waals surface area contributed by atoms with Crippen LogP contribution in [-0.4, -0.2) is 28.2 Å². The summed E-state index contributed by atoms with van der Waals surface area (Å²) in [6.07, 6.45) is 0. The Hall–Kier alpha value is -2.64. The summed E-state index contributed by atoms with van der Waals surface area (Å²) >= 11 is 0. The van der Waals surface area contributed by atoms with Crippen LogP contribution in [-0.2, 0) is 0 Å². The van der Waals surface area contributed by atoms with E-state index >= 15 is 0 Å². The monoisotopic (exact) mass is 279 g/mol. The molecule has 8 heteroatoms. The van der Waals surface area contributed by atoms with Crippen LogP contribution in [0.5, 0.6) is 5.75 Å². The first-order valence-corrected chi connectivity index (χ1v) is 5.83. The highest BCUT2D eigenvalue weighted by Crippen LogP contribution is 2.25. The smallest absolute Gasteiger partial charge is 0.289 e. The second-order valence-corrected chi connectivity index (χ2v) is 4.12. The maximum absolute atomic E-state index is 13.3. The first kappa shape index (κ1) is 13.8. The Morgan fingerprint density at radius 2 is 2.30 bits per heavy atom. The lowest BCUT2D eigenvalue weighted by molar-refractivity contribution is 0.0929. The van der Waals surface area contributed by atoms with Crippen molar-refractivity contribution in [3.63, 3.8) is 0 Å². The number of nitrogens with one attached hydrogen (secondary N) is 2. The van der Waals surface area contributed by atoms with E-state index in [1.807, 2.05) is 0 Å². The largest absolute Gasteiger partial charge is 0.496 e. The number of nitrogens with zero attached hydrogens (tertiary/aromatic N) is 2. The van der Waals surface area contributed by atoms with Crippen LogP contribution >= 0.6 is 0 Å². The van der Waals surface area contributed by atoms with E-state index in [-0.39, 0.29) is 11.8 Å². The molecule has 0 radical (unpaired) electrons. The predicted molar refractivity (Wildman–Crippen MR) is 69.6 cm³/mol. The van der Waals surface area contributed by atoms with E-state index in [4.69, 9.17) is 10.5 Å². The highest BCUT2D eigenvalue weighted by molar-refractivity contribution is 5.90. The van der Waals surface area contributed by atoms with Gasteiger partial charge in [0.15, 0.2) is 0 Å². The Morgan fingerprint density at radius 3 is 2.90 bits per heavy atom. The van der Waals surface area contributed by atoms with E-state index < -0.39 is 17.8 Å². The predicted octanol–water partition coefficient (Wildman–Crippen LogP) is 1.03. The third-order valence-electron chi connectivity index (χ3n) is 2.72. The Balaban J connectivity index is 2.17. The molecule has 2 rings (SSSR count). The van der Waals surface area contributed by atoms with Gasteiger partial charge in [-0.1, -0.05) is 0 Å². The summed E-state index contributed by atoms with van der Waals surface area (Å²) in [7, 11) is 1.47. The van der Waals surface area contributed by atoms with Crippen LogP contribution in [0.25, 0.3) is 0 Å². The van der Waals surface area contributed by atoms with Crippen LogP contribution in [0.2, 0.25) is 0 Å². The standard InChI is InChI=1S/C12H14FN5O2/c1-6(8-5-7(13)3-4-9(8)20-2)15-11(19)10-16-12(14)18-17-10/h3-6H,1-2H3,(H,15,19)(H3,14,16,17,18). The zero-order chi connectivity index (χ0) is 14.7. The number of amides is 1. The number of nitrogens with two attached hydrogens (primary N) is 1. The van der Waals surface area contributed by atoms with Crippen molar-refractivity contribution in [3.05, 3.63) is 35.4 Å². The number of aromatic amines is 1. The minimum absolute atomic E-state index is 0.00952. The summed E-state index contributed by atoms with van der Waals surface area (Å²) in [6.45, 7) is 1.70. The van der Waals surface area contributed by atoms with Crippen molar-refractivity contribution < 1.29 is 13.9 Å². The highest BCUT2D eigenvalue weighted by Gasteiger charge is 2.18. The normalized spacial score (nSPS) is 11.9. The molecule has 0 aliphatic carbocycles. The van der Waals surface area contributed by atoms with Crippen LogP contribution in [0.4, 0.5) is 10.3 Å². The Bertz CT molecular complexity index is 628. The summed E-state index contributed by atoms with van der Waals surface area (Å²) in [6, 6.07) is 3.62. The molecule has 1 aromatic carbocycles. The molecular weight excluding hydrogens is 265 g/mol. The molecule has 0 saturated heterocycles. The quantitative estimate of drug-likeness (QED) is 0.775. The number of rotatable bonds is 4. The third-order valence-corrected chi connectivity index (χ3v) is 2.72. The van der Waals surface area contributed by atoms with E-state index in [9.17, 15) is 9.18 Å². The lowest BCUT2D eigenvalue weighted by atomic mass is 10.1. The number of H-pyrrole nitrogens is 1. The number of carbonyl (C=O) groups is 1. The molecule has 2 aromatic rings. The number of hydrogen-bond donors (Lipinski definition) is 3. The van der Waals surface area contributed by atoms with Gasteiger partial charge in [-0.15, -0.1) is 5.10 Å². The van der Waals surface area contributed by atoms with Gasteiger partial charge in [0, 0.05) is 5.56 Å². The van der Waals surface area contributed by atoms with Gasteiger partial charge in [-0.3, -0.25) is 9.89 Å². The zero-order valence-electron chi connectivity index (χ0n) is 11.0. The molecule has 0 bridgehead atoms. The molecule has 0 aliphatic rings. The van der Waals surface area contributed by atoms with E-state index in [0.717, 1.165) is 0 Å². The number of aromatic nitrogens is 3. The molecule has 0 fully saturated rings. The maximum Gasteiger partial charge on any atom is 0.289 e. The van der Waals surface area contributed by atoms with Gasteiger partial charge in [0.25, 0.3) is 5.91 Å². The molecule has 1 amide bonds. The van der Waals surface area contributed by atoms with Crippen LogP contribution < -0.4 is 15.8 Å². The summed E-state index contributed by atoms with van der Waals surface area (Å²) in [5.41, 5.74) is 5.84. The molecule has 106 valence electrons. The average Bonchev–Trinajstić information content (AvgIpc) is 2.85. The zero-order valence-corrected chi connectivity index (χ0v) is 11.0. The van der Waals surface area contributed by atoms with Crippen molar-refractivity contribution in [2.24, 2.45) is 0 Å². The molecule has 1 aromatic heterocycles. The fourth-order valence-corrected chi connectivity index (χ4v) is 1.76. The summed E-state index contributed by atoms with van der Waals surface area (Å²) in [4.78, 5) is 15.6. The van der Waals surface area contributed by atoms with Crippen molar-refractivity contribution in [2.75, 3.05) is 12.8 Å². The van der Waals surface area contributed by atoms with Gasteiger partial charge in [0.1, 0.15) is 11.6 Å². The lowest BCUT2D eigenvalue weighted by Gasteiger charge is -2.16. The van der Waals surface area contributed by atoms with Gasteiger partial charge < -0.3 is 15.8 Å². The Kier molecular flexibility index (Phi) is 3.83. The van der Waals surface area contributed by atoms with Crippen molar-refractivity contribution >= 4 is 11.9 Å². The fourth-order valence-electron chi connectivity index (χ4n) is 1.76. The van der Waals surface area contributed by atoms with Crippen molar-refractivity contribution in [2.45, 2.75) is 13.0 Å². The number of hydrogen-bond acceptors (Lipinski definition) is 5. The fraction of sp³-hybridized carbons (Fsp3) is 0.250. The number of halogens is 1. The van der Waals surface area contributed by atoms with Crippen LogP contribution in [0.15, 0.2) is 18.2 Å². The second-order valence-electron chi connectivity index (χ2n) is 4.12. The molecule has 20 heavy (non-hydrogen) atoms. The SMILES string of the molecule is COc1ccc(F)cc1C(C)NC(=O)c1nc(N)n[nH]1.